The number of hydrogen-bond donors (Lipinski definition) is 1. The number of aryl methyl sites for hydroxylation is 1. The van der Waals surface area contributed by atoms with Gasteiger partial charge < -0.3 is 0 Å². The van der Waals surface area contributed by atoms with Gasteiger partial charge in [-0.05, 0) is 43.5 Å². The number of halogens is 1. The molecule has 0 aromatic heterocycles. The minimum atomic E-state index is -1.12. The quantitative estimate of drug-likeness (QED) is 0.796. The van der Waals surface area contributed by atoms with E-state index in [1.807, 2.05) is 0 Å². The normalized spacial score (nSPS) is 20.9. The highest BCUT2D eigenvalue weighted by atomic mass is 19.1. The number of amides is 4. The Bertz CT molecular complexity index is 637. The predicted octanol–water partition coefficient (Wildman–Crippen LogP) is 1.89. The number of nitrogens with zero attached hydrogens (tertiary/aromatic N) is 1. The van der Waals surface area contributed by atoms with Crippen molar-refractivity contribution in [3.63, 3.8) is 0 Å². The van der Waals surface area contributed by atoms with Crippen LogP contribution >= 0.6 is 0 Å². The summed E-state index contributed by atoms with van der Waals surface area (Å²) < 4.78 is 13.1. The van der Waals surface area contributed by atoms with E-state index >= 15 is 0 Å². The summed E-state index contributed by atoms with van der Waals surface area (Å²) in [5, 5.41) is 2.23. The van der Waals surface area contributed by atoms with Gasteiger partial charge in [0.25, 0.3) is 5.91 Å². The van der Waals surface area contributed by atoms with Gasteiger partial charge in [0.15, 0.2) is 0 Å². The van der Waals surface area contributed by atoms with E-state index in [-0.39, 0.29) is 0 Å². The molecule has 4 amide bonds. The van der Waals surface area contributed by atoms with Crippen LogP contribution in [0.5, 0.6) is 0 Å². The minimum Gasteiger partial charge on any atom is -0.276 e. The standard InChI is InChI=1S/C14H13FN2O3/c1-8-7-9(15)3-4-10(8)17-12(19)14(5-2-6-14)11(18)16-13(17)20/h3-4,7H,2,5-6H2,1H3,(H,16,18,20). The third-order valence-corrected chi connectivity index (χ3v) is 4.08. The second kappa shape index (κ2) is 4.13. The zero-order valence-electron chi connectivity index (χ0n) is 10.9. The Morgan fingerprint density at radius 1 is 1.25 bits per heavy atom. The summed E-state index contributed by atoms with van der Waals surface area (Å²) in [5.41, 5.74) is -0.334. The highest BCUT2D eigenvalue weighted by molar-refractivity contribution is 6.30. The number of rotatable bonds is 1. The Hall–Kier alpha value is -2.24. The summed E-state index contributed by atoms with van der Waals surface area (Å²) in [6.07, 6.45) is 1.67. The minimum absolute atomic E-state index is 0.313. The van der Waals surface area contributed by atoms with Gasteiger partial charge in [-0.2, -0.15) is 0 Å². The molecule has 0 atom stereocenters. The monoisotopic (exact) mass is 276 g/mol. The topological polar surface area (TPSA) is 66.5 Å². The fourth-order valence-electron chi connectivity index (χ4n) is 2.74. The third kappa shape index (κ3) is 1.57. The Balaban J connectivity index is 2.05. The van der Waals surface area contributed by atoms with Gasteiger partial charge in [-0.15, -0.1) is 0 Å². The van der Waals surface area contributed by atoms with Crippen LogP contribution in [0, 0.1) is 18.2 Å². The number of barbiturate groups is 1. The van der Waals surface area contributed by atoms with E-state index in [4.69, 9.17) is 0 Å². The first-order valence-electron chi connectivity index (χ1n) is 6.42. The predicted molar refractivity (Wildman–Crippen MR) is 68.4 cm³/mol. The Kier molecular flexibility index (Phi) is 2.64. The van der Waals surface area contributed by atoms with Gasteiger partial charge in [-0.1, -0.05) is 6.42 Å². The summed E-state index contributed by atoms with van der Waals surface area (Å²) >= 11 is 0. The largest absolute Gasteiger partial charge is 0.335 e. The van der Waals surface area contributed by atoms with Crippen LogP contribution in [0.25, 0.3) is 0 Å². The zero-order valence-corrected chi connectivity index (χ0v) is 10.9. The lowest BCUT2D eigenvalue weighted by Crippen LogP contribution is -2.66. The average Bonchev–Trinajstić information content (AvgIpc) is 2.29. The second-order valence-corrected chi connectivity index (χ2v) is 5.27. The average molecular weight is 276 g/mol. The smallest absolute Gasteiger partial charge is 0.276 e. The van der Waals surface area contributed by atoms with Gasteiger partial charge >= 0.3 is 6.03 Å². The molecule has 1 saturated carbocycles. The molecule has 2 aliphatic rings. The maximum atomic E-state index is 13.1. The van der Waals surface area contributed by atoms with Crippen LogP contribution in [0.15, 0.2) is 18.2 Å². The molecule has 0 unspecified atom stereocenters. The Morgan fingerprint density at radius 2 is 1.95 bits per heavy atom. The van der Waals surface area contributed by atoms with Crippen molar-refractivity contribution < 1.29 is 18.8 Å². The molecule has 1 aliphatic heterocycles. The van der Waals surface area contributed by atoms with Crippen molar-refractivity contribution in [2.24, 2.45) is 5.41 Å². The number of urea groups is 1. The molecule has 1 aromatic rings. The van der Waals surface area contributed by atoms with Gasteiger partial charge in [0.1, 0.15) is 11.2 Å². The molecular weight excluding hydrogens is 263 g/mol. The molecule has 1 N–H and O–H groups in total. The molecule has 20 heavy (non-hydrogen) atoms. The lowest BCUT2D eigenvalue weighted by atomic mass is 9.66. The molecule has 1 aromatic carbocycles. The number of benzene rings is 1. The van der Waals surface area contributed by atoms with Crippen molar-refractivity contribution in [1.29, 1.82) is 0 Å². The van der Waals surface area contributed by atoms with Crippen molar-refractivity contribution in [3.8, 4) is 0 Å². The number of imide groups is 2. The Morgan fingerprint density at radius 3 is 2.50 bits per heavy atom. The van der Waals surface area contributed by atoms with Crippen molar-refractivity contribution in [1.82, 2.24) is 5.32 Å². The molecule has 1 aliphatic carbocycles. The van der Waals surface area contributed by atoms with Gasteiger partial charge in [0.05, 0.1) is 5.69 Å². The van der Waals surface area contributed by atoms with Crippen LogP contribution < -0.4 is 10.2 Å². The molecule has 0 bridgehead atoms. The number of nitrogens with one attached hydrogen (secondary N) is 1. The molecule has 104 valence electrons. The lowest BCUT2D eigenvalue weighted by molar-refractivity contribution is -0.148. The zero-order chi connectivity index (χ0) is 14.5. The second-order valence-electron chi connectivity index (χ2n) is 5.27. The maximum Gasteiger partial charge on any atom is 0.335 e. The number of carbonyl (C=O) groups is 3. The number of anilines is 1. The molecule has 1 saturated heterocycles. The summed E-state index contributed by atoms with van der Waals surface area (Å²) in [6, 6.07) is 3.05. The molecule has 1 spiro atoms. The summed E-state index contributed by atoms with van der Waals surface area (Å²) in [4.78, 5) is 37.3. The van der Waals surface area contributed by atoms with Crippen LogP contribution in [0.2, 0.25) is 0 Å². The first-order valence-corrected chi connectivity index (χ1v) is 6.42. The van der Waals surface area contributed by atoms with Gasteiger partial charge in [-0.3, -0.25) is 14.9 Å². The van der Waals surface area contributed by atoms with E-state index in [2.05, 4.69) is 5.32 Å². The van der Waals surface area contributed by atoms with E-state index in [0.717, 1.165) is 11.3 Å². The number of hydrogen-bond acceptors (Lipinski definition) is 3. The van der Waals surface area contributed by atoms with Crippen LogP contribution in [0.4, 0.5) is 14.9 Å². The van der Waals surface area contributed by atoms with E-state index in [9.17, 15) is 18.8 Å². The summed E-state index contributed by atoms with van der Waals surface area (Å²) in [7, 11) is 0. The van der Waals surface area contributed by atoms with Gasteiger partial charge in [0.2, 0.25) is 5.91 Å². The van der Waals surface area contributed by atoms with Crippen molar-refractivity contribution >= 4 is 23.5 Å². The molecule has 5 nitrogen and oxygen atoms in total. The first-order chi connectivity index (χ1) is 9.45. The summed E-state index contributed by atoms with van der Waals surface area (Å²) in [6.45, 7) is 1.61. The molecule has 2 fully saturated rings. The van der Waals surface area contributed by atoms with E-state index in [0.29, 0.717) is 24.1 Å². The van der Waals surface area contributed by atoms with E-state index in [1.165, 1.54) is 18.2 Å². The van der Waals surface area contributed by atoms with Crippen LogP contribution in [-0.2, 0) is 9.59 Å². The van der Waals surface area contributed by atoms with E-state index < -0.39 is 29.1 Å². The molecule has 3 rings (SSSR count). The van der Waals surface area contributed by atoms with Crippen molar-refractivity contribution in [2.75, 3.05) is 4.90 Å². The fourth-order valence-corrected chi connectivity index (χ4v) is 2.74. The summed E-state index contributed by atoms with van der Waals surface area (Å²) in [5.74, 6) is -1.47. The highest BCUT2D eigenvalue weighted by Crippen LogP contribution is 2.45. The molecule has 0 radical (unpaired) electrons. The lowest BCUT2D eigenvalue weighted by Gasteiger charge is -2.44. The van der Waals surface area contributed by atoms with Crippen LogP contribution in [-0.4, -0.2) is 17.8 Å². The first kappa shape index (κ1) is 12.8. The highest BCUT2D eigenvalue weighted by Gasteiger charge is 2.57. The number of carbonyl (C=O) groups excluding carboxylic acids is 3. The van der Waals surface area contributed by atoms with Crippen molar-refractivity contribution in [3.05, 3.63) is 29.6 Å². The molecule has 1 heterocycles. The van der Waals surface area contributed by atoms with Gasteiger partial charge in [-0.25, -0.2) is 14.1 Å². The third-order valence-electron chi connectivity index (χ3n) is 4.08. The SMILES string of the molecule is Cc1cc(F)ccc1N1C(=O)NC(=O)C2(CCC2)C1=O. The molecule has 6 heteroatoms. The van der Waals surface area contributed by atoms with E-state index in [1.54, 1.807) is 6.92 Å². The molecular formula is C14H13FN2O3. The van der Waals surface area contributed by atoms with Crippen LogP contribution in [0.1, 0.15) is 24.8 Å². The maximum absolute atomic E-state index is 13.1. The van der Waals surface area contributed by atoms with Crippen molar-refractivity contribution in [2.45, 2.75) is 26.2 Å². The Labute approximate surface area is 114 Å². The fraction of sp³-hybridized carbons (Fsp3) is 0.357. The van der Waals surface area contributed by atoms with Crippen LogP contribution in [0.3, 0.4) is 0 Å². The van der Waals surface area contributed by atoms with Gasteiger partial charge in [0, 0.05) is 0 Å².